The van der Waals surface area contributed by atoms with Gasteiger partial charge in [0.25, 0.3) is 11.1 Å². The zero-order valence-corrected chi connectivity index (χ0v) is 18.8. The number of nitrogens with zero attached hydrogens (tertiary/aromatic N) is 1. The average Bonchev–Trinajstić information content (AvgIpc) is 2.93. The Morgan fingerprint density at radius 2 is 1.86 bits per heavy atom. The van der Waals surface area contributed by atoms with Gasteiger partial charge in [0.15, 0.2) is 11.5 Å². The SMILES string of the molecule is CCOc1cc(/C=C2/SC(=O)N(Cc3ccc(I)cc3)C2=O)ccc1OC(C)=O. The van der Waals surface area contributed by atoms with E-state index in [0.29, 0.717) is 28.6 Å². The standard InChI is InChI=1S/C21H18INO5S/c1-3-27-18-10-15(6-9-17(18)28-13(2)24)11-19-20(25)23(21(26)29-19)12-14-4-7-16(22)8-5-14/h4-11H,3,12H2,1-2H3/b19-11+. The highest BCUT2D eigenvalue weighted by Gasteiger charge is 2.35. The van der Waals surface area contributed by atoms with Crippen molar-refractivity contribution in [1.29, 1.82) is 0 Å². The predicted octanol–water partition coefficient (Wildman–Crippen LogP) is 4.85. The van der Waals surface area contributed by atoms with Crippen LogP contribution in [0, 0.1) is 3.57 Å². The Labute approximate surface area is 186 Å². The molecule has 0 spiro atoms. The number of halogens is 1. The minimum absolute atomic E-state index is 0.231. The fourth-order valence-corrected chi connectivity index (χ4v) is 3.88. The van der Waals surface area contributed by atoms with Crippen molar-refractivity contribution in [3.05, 3.63) is 62.1 Å². The van der Waals surface area contributed by atoms with Gasteiger partial charge in [-0.15, -0.1) is 0 Å². The summed E-state index contributed by atoms with van der Waals surface area (Å²) < 4.78 is 11.7. The second-order valence-corrected chi connectivity index (χ2v) is 8.37. The summed E-state index contributed by atoms with van der Waals surface area (Å²) in [5.41, 5.74) is 1.56. The van der Waals surface area contributed by atoms with Crippen LogP contribution in [0.15, 0.2) is 47.4 Å². The zero-order valence-electron chi connectivity index (χ0n) is 15.8. The van der Waals surface area contributed by atoms with E-state index in [2.05, 4.69) is 22.6 Å². The van der Waals surface area contributed by atoms with E-state index in [0.717, 1.165) is 20.9 Å². The molecule has 0 saturated carbocycles. The van der Waals surface area contributed by atoms with E-state index >= 15 is 0 Å². The molecule has 1 aliphatic rings. The summed E-state index contributed by atoms with van der Waals surface area (Å²) in [6, 6.07) is 12.7. The highest BCUT2D eigenvalue weighted by atomic mass is 127. The number of esters is 1. The second-order valence-electron chi connectivity index (χ2n) is 6.13. The lowest BCUT2D eigenvalue weighted by atomic mass is 10.1. The van der Waals surface area contributed by atoms with Crippen molar-refractivity contribution in [2.45, 2.75) is 20.4 Å². The maximum atomic E-state index is 12.7. The van der Waals surface area contributed by atoms with Crippen LogP contribution in [0.1, 0.15) is 25.0 Å². The first kappa shape index (κ1) is 21.4. The summed E-state index contributed by atoms with van der Waals surface area (Å²) in [6.45, 7) is 3.76. The highest BCUT2D eigenvalue weighted by molar-refractivity contribution is 14.1. The van der Waals surface area contributed by atoms with Crippen molar-refractivity contribution in [2.24, 2.45) is 0 Å². The van der Waals surface area contributed by atoms with Crippen LogP contribution in [0.4, 0.5) is 4.79 Å². The highest BCUT2D eigenvalue weighted by Crippen LogP contribution is 2.35. The molecule has 8 heteroatoms. The minimum atomic E-state index is -0.449. The molecule has 1 aliphatic heterocycles. The third-order valence-electron chi connectivity index (χ3n) is 3.95. The Morgan fingerprint density at radius 1 is 1.14 bits per heavy atom. The third kappa shape index (κ3) is 5.39. The number of carbonyl (C=O) groups excluding carboxylic acids is 3. The summed E-state index contributed by atoms with van der Waals surface area (Å²) in [4.78, 5) is 37.9. The molecule has 150 valence electrons. The molecule has 29 heavy (non-hydrogen) atoms. The van der Waals surface area contributed by atoms with Crippen molar-refractivity contribution < 1.29 is 23.9 Å². The minimum Gasteiger partial charge on any atom is -0.490 e. The molecule has 0 bridgehead atoms. The fraction of sp³-hybridized carbons (Fsp3) is 0.190. The molecular weight excluding hydrogens is 505 g/mol. The van der Waals surface area contributed by atoms with Crippen LogP contribution in [0.3, 0.4) is 0 Å². The number of thioether (sulfide) groups is 1. The number of benzene rings is 2. The van der Waals surface area contributed by atoms with Crippen LogP contribution < -0.4 is 9.47 Å². The molecule has 0 aliphatic carbocycles. The quantitative estimate of drug-likeness (QED) is 0.233. The van der Waals surface area contributed by atoms with Crippen molar-refractivity contribution >= 4 is 57.5 Å². The van der Waals surface area contributed by atoms with Crippen LogP contribution in [-0.4, -0.2) is 28.6 Å². The first-order chi connectivity index (χ1) is 13.9. The maximum absolute atomic E-state index is 12.7. The molecule has 1 fully saturated rings. The van der Waals surface area contributed by atoms with Crippen LogP contribution in [0.25, 0.3) is 6.08 Å². The Bertz CT molecular complexity index is 987. The Hall–Kier alpha value is -2.33. The zero-order chi connectivity index (χ0) is 21.0. The van der Waals surface area contributed by atoms with Gasteiger partial charge >= 0.3 is 5.97 Å². The summed E-state index contributed by atoms with van der Waals surface area (Å²) in [7, 11) is 0. The van der Waals surface area contributed by atoms with E-state index in [1.165, 1.54) is 11.8 Å². The molecule has 1 heterocycles. The molecule has 0 radical (unpaired) electrons. The van der Waals surface area contributed by atoms with E-state index in [-0.39, 0.29) is 17.7 Å². The van der Waals surface area contributed by atoms with Gasteiger partial charge in [-0.05, 0) is 82.7 Å². The average molecular weight is 523 g/mol. The predicted molar refractivity (Wildman–Crippen MR) is 120 cm³/mol. The van der Waals surface area contributed by atoms with Gasteiger partial charge in [0.1, 0.15) is 0 Å². The normalized spacial score (nSPS) is 15.1. The Kier molecular flexibility index (Phi) is 6.96. The summed E-state index contributed by atoms with van der Waals surface area (Å²) in [5, 5.41) is -0.304. The van der Waals surface area contributed by atoms with Gasteiger partial charge in [0.2, 0.25) is 0 Å². The summed E-state index contributed by atoms with van der Waals surface area (Å²) >= 11 is 3.11. The molecule has 0 aromatic heterocycles. The smallest absolute Gasteiger partial charge is 0.308 e. The largest absolute Gasteiger partial charge is 0.490 e. The molecule has 2 aromatic carbocycles. The lowest BCUT2D eigenvalue weighted by Gasteiger charge is -2.12. The van der Waals surface area contributed by atoms with Gasteiger partial charge in [-0.3, -0.25) is 19.3 Å². The number of carbonyl (C=O) groups is 3. The van der Waals surface area contributed by atoms with E-state index in [1.807, 2.05) is 31.2 Å². The number of amides is 2. The van der Waals surface area contributed by atoms with Crippen molar-refractivity contribution in [3.8, 4) is 11.5 Å². The molecule has 0 unspecified atom stereocenters. The number of rotatable bonds is 6. The number of hydrogen-bond acceptors (Lipinski definition) is 6. The molecule has 0 N–H and O–H groups in total. The van der Waals surface area contributed by atoms with Crippen LogP contribution in [0.5, 0.6) is 11.5 Å². The first-order valence-corrected chi connectivity index (χ1v) is 10.7. The topological polar surface area (TPSA) is 72.9 Å². The summed E-state index contributed by atoms with van der Waals surface area (Å²) in [6.07, 6.45) is 1.64. The number of imide groups is 1. The number of hydrogen-bond donors (Lipinski definition) is 0. The lowest BCUT2D eigenvalue weighted by Crippen LogP contribution is -2.27. The van der Waals surface area contributed by atoms with Gasteiger partial charge in [-0.2, -0.15) is 0 Å². The Balaban J connectivity index is 1.82. The van der Waals surface area contributed by atoms with Crippen molar-refractivity contribution in [1.82, 2.24) is 4.90 Å². The third-order valence-corrected chi connectivity index (χ3v) is 5.57. The molecular formula is C21H18INO5S. The van der Waals surface area contributed by atoms with Gasteiger partial charge in [0, 0.05) is 10.5 Å². The molecule has 1 saturated heterocycles. The van der Waals surface area contributed by atoms with Crippen molar-refractivity contribution in [3.63, 3.8) is 0 Å². The van der Waals surface area contributed by atoms with E-state index < -0.39 is 5.97 Å². The Morgan fingerprint density at radius 3 is 2.52 bits per heavy atom. The van der Waals surface area contributed by atoms with E-state index in [9.17, 15) is 14.4 Å². The molecule has 3 rings (SSSR count). The van der Waals surface area contributed by atoms with Crippen LogP contribution >= 0.6 is 34.4 Å². The maximum Gasteiger partial charge on any atom is 0.308 e. The lowest BCUT2D eigenvalue weighted by molar-refractivity contribution is -0.132. The van der Waals surface area contributed by atoms with Gasteiger partial charge < -0.3 is 9.47 Å². The molecule has 0 atom stereocenters. The second kappa shape index (κ2) is 9.45. The molecule has 2 aromatic rings. The van der Waals surface area contributed by atoms with Gasteiger partial charge in [-0.25, -0.2) is 0 Å². The van der Waals surface area contributed by atoms with Crippen LogP contribution in [-0.2, 0) is 16.1 Å². The van der Waals surface area contributed by atoms with E-state index in [4.69, 9.17) is 9.47 Å². The monoisotopic (exact) mass is 523 g/mol. The van der Waals surface area contributed by atoms with Crippen LogP contribution in [0.2, 0.25) is 0 Å². The molecule has 6 nitrogen and oxygen atoms in total. The molecule has 2 amide bonds. The first-order valence-electron chi connectivity index (χ1n) is 8.82. The van der Waals surface area contributed by atoms with Crippen molar-refractivity contribution in [2.75, 3.05) is 6.61 Å². The van der Waals surface area contributed by atoms with E-state index in [1.54, 1.807) is 24.3 Å². The van der Waals surface area contributed by atoms with Gasteiger partial charge in [-0.1, -0.05) is 18.2 Å². The number of ether oxygens (including phenoxy) is 2. The fourth-order valence-electron chi connectivity index (χ4n) is 2.68. The van der Waals surface area contributed by atoms with Gasteiger partial charge in [0.05, 0.1) is 18.1 Å². The summed E-state index contributed by atoms with van der Waals surface area (Å²) in [5.74, 6) is -0.0751.